The van der Waals surface area contributed by atoms with Crippen LogP contribution in [0.2, 0.25) is 0 Å². The van der Waals surface area contributed by atoms with Crippen LogP contribution in [0.1, 0.15) is 66.2 Å². The van der Waals surface area contributed by atoms with Crippen molar-refractivity contribution in [3.05, 3.63) is 46.5 Å². The van der Waals surface area contributed by atoms with Gasteiger partial charge >= 0.3 is 0 Å². The molecule has 0 spiro atoms. The van der Waals surface area contributed by atoms with Gasteiger partial charge in [0.25, 0.3) is 0 Å². The van der Waals surface area contributed by atoms with Crippen LogP contribution in [0.15, 0.2) is 46.5 Å². The van der Waals surface area contributed by atoms with Gasteiger partial charge in [0, 0.05) is 5.57 Å². The van der Waals surface area contributed by atoms with Gasteiger partial charge in [0.05, 0.1) is 14.2 Å². The van der Waals surface area contributed by atoms with Crippen molar-refractivity contribution in [2.24, 2.45) is 5.92 Å². The molecule has 0 aliphatic heterocycles. The standard InChI is InChI=1S/C23H34O4/c1-16(2)9-7-10-17(3)11-8-12-18(4)13-14-19-15-20(24)22(26-5)23(27-6)21(19)25/h9,13,15,17H,7-8,10-12,14H2,1-6H3/b18-13+. The van der Waals surface area contributed by atoms with Gasteiger partial charge in [-0.3, -0.25) is 9.59 Å². The monoisotopic (exact) mass is 374 g/mol. The summed E-state index contributed by atoms with van der Waals surface area (Å²) in [6.45, 7) is 8.67. The average Bonchev–Trinajstić information content (AvgIpc) is 2.61. The van der Waals surface area contributed by atoms with E-state index in [1.165, 1.54) is 44.3 Å². The molecule has 0 bridgehead atoms. The van der Waals surface area contributed by atoms with Gasteiger partial charge in [-0.15, -0.1) is 0 Å². The highest BCUT2D eigenvalue weighted by Gasteiger charge is 2.29. The summed E-state index contributed by atoms with van der Waals surface area (Å²) in [4.78, 5) is 24.5. The Kier molecular flexibility index (Phi) is 9.84. The lowest BCUT2D eigenvalue weighted by molar-refractivity contribution is -0.120. The van der Waals surface area contributed by atoms with Crippen LogP contribution >= 0.6 is 0 Å². The zero-order chi connectivity index (χ0) is 20.4. The summed E-state index contributed by atoms with van der Waals surface area (Å²) in [7, 11) is 2.74. The van der Waals surface area contributed by atoms with E-state index in [1.807, 2.05) is 6.08 Å². The topological polar surface area (TPSA) is 52.6 Å². The first-order valence-corrected chi connectivity index (χ1v) is 9.71. The molecule has 0 heterocycles. The minimum absolute atomic E-state index is 0.00348. The van der Waals surface area contributed by atoms with Gasteiger partial charge < -0.3 is 9.47 Å². The second-order valence-corrected chi connectivity index (χ2v) is 7.54. The van der Waals surface area contributed by atoms with E-state index in [0.29, 0.717) is 12.0 Å². The molecule has 4 heteroatoms. The van der Waals surface area contributed by atoms with Gasteiger partial charge in [-0.05, 0) is 64.9 Å². The third kappa shape index (κ3) is 7.58. The van der Waals surface area contributed by atoms with Gasteiger partial charge in [-0.1, -0.05) is 36.6 Å². The summed E-state index contributed by atoms with van der Waals surface area (Å²) in [6.07, 6.45) is 11.9. The Hall–Kier alpha value is -2.10. The molecule has 4 nitrogen and oxygen atoms in total. The van der Waals surface area contributed by atoms with Crippen molar-refractivity contribution in [1.82, 2.24) is 0 Å². The summed E-state index contributed by atoms with van der Waals surface area (Å²) in [6, 6.07) is 0. The van der Waals surface area contributed by atoms with Gasteiger partial charge in [0.15, 0.2) is 0 Å². The highest BCUT2D eigenvalue weighted by atomic mass is 16.5. The molecular weight excluding hydrogens is 340 g/mol. The fourth-order valence-electron chi connectivity index (χ4n) is 3.10. The number of methoxy groups -OCH3 is 2. The summed E-state index contributed by atoms with van der Waals surface area (Å²) in [5.41, 5.74) is 3.08. The summed E-state index contributed by atoms with van der Waals surface area (Å²) >= 11 is 0. The Morgan fingerprint density at radius 1 is 1.04 bits per heavy atom. The predicted octanol–water partition coefficient (Wildman–Crippen LogP) is 5.46. The molecule has 0 N–H and O–H groups in total. The van der Waals surface area contributed by atoms with E-state index in [4.69, 9.17) is 9.47 Å². The summed E-state index contributed by atoms with van der Waals surface area (Å²) in [5, 5.41) is 0. The second-order valence-electron chi connectivity index (χ2n) is 7.54. The Balaban J connectivity index is 2.49. The Labute approximate surface area is 164 Å². The average molecular weight is 375 g/mol. The quantitative estimate of drug-likeness (QED) is 0.356. The molecule has 0 aromatic heterocycles. The number of Topliss-reactive ketones (excluding diaryl/α,β-unsaturated/α-hetero) is 1. The Morgan fingerprint density at radius 3 is 2.30 bits per heavy atom. The predicted molar refractivity (Wildman–Crippen MR) is 109 cm³/mol. The Morgan fingerprint density at radius 2 is 1.70 bits per heavy atom. The number of ketones is 2. The molecule has 1 aliphatic rings. The molecule has 1 rings (SSSR count). The molecule has 27 heavy (non-hydrogen) atoms. The molecule has 1 aliphatic carbocycles. The number of hydrogen-bond donors (Lipinski definition) is 0. The molecule has 1 unspecified atom stereocenters. The largest absolute Gasteiger partial charge is 0.490 e. The van der Waals surface area contributed by atoms with Crippen LogP contribution in [0.3, 0.4) is 0 Å². The van der Waals surface area contributed by atoms with E-state index in [1.54, 1.807) is 0 Å². The maximum atomic E-state index is 12.4. The molecule has 1 atom stereocenters. The van der Waals surface area contributed by atoms with Crippen molar-refractivity contribution in [2.75, 3.05) is 14.2 Å². The lowest BCUT2D eigenvalue weighted by atomic mass is 9.94. The van der Waals surface area contributed by atoms with E-state index in [9.17, 15) is 9.59 Å². The number of carbonyl (C=O) groups is 2. The first-order valence-electron chi connectivity index (χ1n) is 9.71. The molecular formula is C23H34O4. The van der Waals surface area contributed by atoms with E-state index in [-0.39, 0.29) is 23.1 Å². The molecule has 150 valence electrons. The van der Waals surface area contributed by atoms with Crippen molar-refractivity contribution in [3.63, 3.8) is 0 Å². The second kappa shape index (κ2) is 11.6. The molecule has 0 saturated carbocycles. The number of allylic oxidation sites excluding steroid dienone is 6. The molecule has 0 amide bonds. The lowest BCUT2D eigenvalue weighted by Crippen LogP contribution is -2.21. The maximum absolute atomic E-state index is 12.4. The summed E-state index contributed by atoms with van der Waals surface area (Å²) < 4.78 is 10.1. The van der Waals surface area contributed by atoms with E-state index in [2.05, 4.69) is 33.8 Å². The minimum atomic E-state index is -0.319. The fraction of sp³-hybridized carbons (Fsp3) is 0.565. The Bertz CT molecular complexity index is 658. The van der Waals surface area contributed by atoms with Crippen LogP contribution in [0.5, 0.6) is 0 Å². The number of rotatable bonds is 11. The van der Waals surface area contributed by atoms with Crippen molar-refractivity contribution in [2.45, 2.75) is 66.2 Å². The van der Waals surface area contributed by atoms with Gasteiger partial charge in [-0.25, -0.2) is 0 Å². The highest BCUT2D eigenvalue weighted by molar-refractivity contribution is 6.21. The zero-order valence-electron chi connectivity index (χ0n) is 17.7. The third-order valence-electron chi connectivity index (χ3n) is 4.79. The van der Waals surface area contributed by atoms with Crippen molar-refractivity contribution in [1.29, 1.82) is 0 Å². The number of hydrogen-bond acceptors (Lipinski definition) is 4. The first kappa shape index (κ1) is 22.9. The molecule has 0 radical (unpaired) electrons. The summed E-state index contributed by atoms with van der Waals surface area (Å²) in [5.74, 6) is 0.104. The molecule has 0 fully saturated rings. The van der Waals surface area contributed by atoms with Crippen molar-refractivity contribution in [3.8, 4) is 0 Å². The molecule has 0 saturated heterocycles. The van der Waals surface area contributed by atoms with Crippen LogP contribution in [0.25, 0.3) is 0 Å². The van der Waals surface area contributed by atoms with Crippen LogP contribution in [0, 0.1) is 5.92 Å². The SMILES string of the molecule is COC1=C(OC)C(=O)C(C/C=C(\C)CCCC(C)CCC=C(C)C)=CC1=O. The highest BCUT2D eigenvalue weighted by Crippen LogP contribution is 2.24. The van der Waals surface area contributed by atoms with Crippen molar-refractivity contribution >= 4 is 11.6 Å². The fourth-order valence-corrected chi connectivity index (χ4v) is 3.10. The first-order chi connectivity index (χ1) is 12.8. The van der Waals surface area contributed by atoms with E-state index in [0.717, 1.165) is 25.2 Å². The smallest absolute Gasteiger partial charge is 0.228 e. The van der Waals surface area contributed by atoms with Crippen LogP contribution < -0.4 is 0 Å². The molecule has 0 aromatic rings. The van der Waals surface area contributed by atoms with E-state index < -0.39 is 0 Å². The normalized spacial score (nSPS) is 16.2. The minimum Gasteiger partial charge on any atom is -0.490 e. The van der Waals surface area contributed by atoms with Gasteiger partial charge in [0.2, 0.25) is 23.1 Å². The number of carbonyl (C=O) groups excluding carboxylic acids is 2. The van der Waals surface area contributed by atoms with Crippen molar-refractivity contribution < 1.29 is 19.1 Å². The molecule has 0 aromatic carbocycles. The van der Waals surface area contributed by atoms with Crippen LogP contribution in [-0.2, 0) is 19.1 Å². The third-order valence-corrected chi connectivity index (χ3v) is 4.79. The van der Waals surface area contributed by atoms with Crippen LogP contribution in [-0.4, -0.2) is 25.8 Å². The van der Waals surface area contributed by atoms with Gasteiger partial charge in [-0.2, -0.15) is 0 Å². The lowest BCUT2D eigenvalue weighted by Gasteiger charge is -2.16. The van der Waals surface area contributed by atoms with Gasteiger partial charge in [0.1, 0.15) is 0 Å². The van der Waals surface area contributed by atoms with Crippen LogP contribution in [0.4, 0.5) is 0 Å². The number of ether oxygens (including phenoxy) is 2. The zero-order valence-corrected chi connectivity index (χ0v) is 17.7. The maximum Gasteiger partial charge on any atom is 0.228 e. The van der Waals surface area contributed by atoms with E-state index >= 15 is 0 Å².